The maximum Gasteiger partial charge on any atom is 0.291 e. The van der Waals surface area contributed by atoms with Gasteiger partial charge < -0.3 is 0 Å². The van der Waals surface area contributed by atoms with E-state index in [4.69, 9.17) is 23.2 Å². The fourth-order valence-corrected chi connectivity index (χ4v) is 4.92. The van der Waals surface area contributed by atoms with Crippen molar-refractivity contribution in [2.75, 3.05) is 6.54 Å². The van der Waals surface area contributed by atoms with Gasteiger partial charge in [-0.1, -0.05) is 35.3 Å². The summed E-state index contributed by atoms with van der Waals surface area (Å²) in [5, 5.41) is 5.73. The van der Waals surface area contributed by atoms with Gasteiger partial charge in [0.1, 0.15) is 5.02 Å². The number of sulfonamides is 1. The maximum atomic E-state index is 13.0. The van der Waals surface area contributed by atoms with E-state index in [2.05, 4.69) is 11.7 Å². The fourth-order valence-electron chi connectivity index (χ4n) is 2.47. The number of rotatable bonds is 7. The van der Waals surface area contributed by atoms with E-state index in [9.17, 15) is 13.2 Å². The maximum absolute atomic E-state index is 13.0. The van der Waals surface area contributed by atoms with E-state index in [0.29, 0.717) is 5.69 Å². The van der Waals surface area contributed by atoms with Gasteiger partial charge in [0, 0.05) is 18.0 Å². The predicted molar refractivity (Wildman–Crippen MR) is 112 cm³/mol. The smallest absolute Gasteiger partial charge is 0.266 e. The van der Waals surface area contributed by atoms with Crippen LogP contribution in [0.3, 0.4) is 0 Å². The Morgan fingerprint density at radius 3 is 2.54 bits per heavy atom. The van der Waals surface area contributed by atoms with Crippen LogP contribution in [0.4, 0.5) is 0 Å². The van der Waals surface area contributed by atoms with Crippen LogP contribution in [0.15, 0.2) is 70.3 Å². The molecule has 10 heteroatoms. The lowest BCUT2D eigenvalue weighted by Crippen LogP contribution is -2.30. The van der Waals surface area contributed by atoms with Crippen LogP contribution in [0.1, 0.15) is 4.88 Å². The minimum Gasteiger partial charge on any atom is -0.266 e. The number of halogens is 2. The van der Waals surface area contributed by atoms with Crippen molar-refractivity contribution in [3.63, 3.8) is 0 Å². The molecule has 0 saturated heterocycles. The summed E-state index contributed by atoms with van der Waals surface area (Å²) < 4.78 is 28.4. The summed E-state index contributed by atoms with van der Waals surface area (Å²) in [6.07, 6.45) is 2.79. The molecular formula is C18H15Cl2N3O3S2. The summed E-state index contributed by atoms with van der Waals surface area (Å²) in [5.41, 5.74) is -0.216. The minimum absolute atomic E-state index is 0.0516. The van der Waals surface area contributed by atoms with Gasteiger partial charge in [0.25, 0.3) is 5.56 Å². The summed E-state index contributed by atoms with van der Waals surface area (Å²) in [6, 6.07) is 9.57. The Labute approximate surface area is 176 Å². The van der Waals surface area contributed by atoms with Gasteiger partial charge in [0.05, 0.1) is 21.8 Å². The first-order chi connectivity index (χ1) is 13.3. The molecule has 0 radical (unpaired) electrons. The third kappa shape index (κ3) is 4.21. The lowest BCUT2D eigenvalue weighted by Gasteiger charge is -2.20. The molecule has 0 saturated carbocycles. The molecule has 2 aromatic heterocycles. The molecular weight excluding hydrogens is 441 g/mol. The highest BCUT2D eigenvalue weighted by Gasteiger charge is 2.24. The van der Waals surface area contributed by atoms with Gasteiger partial charge in [-0.15, -0.1) is 17.9 Å². The molecule has 3 rings (SSSR count). The molecule has 0 aliphatic carbocycles. The average Bonchev–Trinajstić information content (AvgIpc) is 3.19. The number of thiophene rings is 1. The first-order valence-electron chi connectivity index (χ1n) is 8.02. The molecule has 2 heterocycles. The Kier molecular flexibility index (Phi) is 6.36. The van der Waals surface area contributed by atoms with Crippen LogP contribution in [0.2, 0.25) is 10.0 Å². The summed E-state index contributed by atoms with van der Waals surface area (Å²) in [7, 11) is -3.75. The molecule has 0 spiro atoms. The van der Waals surface area contributed by atoms with Gasteiger partial charge in [-0.05, 0) is 35.7 Å². The zero-order valence-corrected chi connectivity index (χ0v) is 17.6. The van der Waals surface area contributed by atoms with E-state index in [1.165, 1.54) is 46.1 Å². The quantitative estimate of drug-likeness (QED) is 0.505. The number of hydrogen-bond acceptors (Lipinski definition) is 5. The van der Waals surface area contributed by atoms with Crippen molar-refractivity contribution in [2.45, 2.75) is 11.4 Å². The number of nitrogens with zero attached hydrogens (tertiary/aromatic N) is 3. The lowest BCUT2D eigenvalue weighted by atomic mass is 10.3. The fraction of sp³-hybridized carbons (Fsp3) is 0.111. The molecule has 3 aromatic rings. The van der Waals surface area contributed by atoms with Crippen molar-refractivity contribution in [2.24, 2.45) is 0 Å². The standard InChI is InChI=1S/C18H15Cl2N3O3S2/c1-2-9-22(12-14-4-3-10-27-14)28(25,26)15-7-5-13(6-8-15)23-18(24)17(20)16(19)11-21-23/h2-8,10-11H,1,9,12H2. The Balaban J connectivity index is 1.94. The average molecular weight is 456 g/mol. The monoisotopic (exact) mass is 455 g/mol. The van der Waals surface area contributed by atoms with Crippen molar-refractivity contribution in [1.82, 2.24) is 14.1 Å². The summed E-state index contributed by atoms with van der Waals surface area (Å²) in [5.74, 6) is 0. The lowest BCUT2D eigenvalue weighted by molar-refractivity contribution is 0.441. The van der Waals surface area contributed by atoms with E-state index in [1.54, 1.807) is 6.08 Å². The third-order valence-electron chi connectivity index (χ3n) is 3.84. The van der Waals surface area contributed by atoms with Crippen LogP contribution >= 0.6 is 34.5 Å². The van der Waals surface area contributed by atoms with E-state index in [-0.39, 0.29) is 28.0 Å². The number of aromatic nitrogens is 2. The van der Waals surface area contributed by atoms with Crippen molar-refractivity contribution >= 4 is 44.6 Å². The SMILES string of the molecule is C=CCN(Cc1cccs1)S(=O)(=O)c1ccc(-n2ncc(Cl)c(Cl)c2=O)cc1. The van der Waals surface area contributed by atoms with Crippen LogP contribution in [-0.2, 0) is 16.6 Å². The number of hydrogen-bond donors (Lipinski definition) is 0. The van der Waals surface area contributed by atoms with Gasteiger partial charge in [0.2, 0.25) is 10.0 Å². The molecule has 0 N–H and O–H groups in total. The van der Waals surface area contributed by atoms with Gasteiger partial charge >= 0.3 is 0 Å². The Bertz CT molecular complexity index is 1140. The minimum atomic E-state index is -3.75. The summed E-state index contributed by atoms with van der Waals surface area (Å²) >= 11 is 13.1. The van der Waals surface area contributed by atoms with Crippen LogP contribution in [0.25, 0.3) is 5.69 Å². The highest BCUT2D eigenvalue weighted by atomic mass is 35.5. The number of benzene rings is 1. The highest BCUT2D eigenvalue weighted by molar-refractivity contribution is 7.89. The molecule has 0 atom stereocenters. The molecule has 0 bridgehead atoms. The van der Waals surface area contributed by atoms with Gasteiger partial charge in [-0.2, -0.15) is 14.1 Å². The molecule has 0 aliphatic heterocycles. The van der Waals surface area contributed by atoms with Gasteiger partial charge in [-0.3, -0.25) is 4.79 Å². The first kappa shape index (κ1) is 20.8. The molecule has 28 heavy (non-hydrogen) atoms. The Morgan fingerprint density at radius 1 is 1.21 bits per heavy atom. The highest BCUT2D eigenvalue weighted by Crippen LogP contribution is 2.22. The molecule has 0 unspecified atom stereocenters. The van der Waals surface area contributed by atoms with Crippen LogP contribution in [0, 0.1) is 0 Å². The second-order valence-electron chi connectivity index (χ2n) is 5.68. The molecule has 6 nitrogen and oxygen atoms in total. The zero-order chi connectivity index (χ0) is 20.3. The third-order valence-corrected chi connectivity index (χ3v) is 7.28. The van der Waals surface area contributed by atoms with E-state index < -0.39 is 15.6 Å². The Morgan fingerprint density at radius 2 is 1.93 bits per heavy atom. The molecule has 1 aromatic carbocycles. The molecule has 0 aliphatic rings. The zero-order valence-electron chi connectivity index (χ0n) is 14.5. The molecule has 0 fully saturated rings. The second-order valence-corrected chi connectivity index (χ2v) is 9.44. The van der Waals surface area contributed by atoms with Crippen molar-refractivity contribution in [3.05, 3.63) is 85.9 Å². The normalized spacial score (nSPS) is 11.7. The van der Waals surface area contributed by atoms with Crippen molar-refractivity contribution < 1.29 is 8.42 Å². The van der Waals surface area contributed by atoms with Crippen LogP contribution in [-0.4, -0.2) is 29.0 Å². The van der Waals surface area contributed by atoms with Crippen LogP contribution < -0.4 is 5.56 Å². The predicted octanol–water partition coefficient (Wildman–Crippen LogP) is 3.98. The van der Waals surface area contributed by atoms with E-state index >= 15 is 0 Å². The summed E-state index contributed by atoms with van der Waals surface area (Å²) in [6.45, 7) is 4.07. The molecule has 0 amide bonds. The molecule has 146 valence electrons. The largest absolute Gasteiger partial charge is 0.291 e. The van der Waals surface area contributed by atoms with Gasteiger partial charge in [0.15, 0.2) is 0 Å². The second kappa shape index (κ2) is 8.59. The van der Waals surface area contributed by atoms with E-state index in [1.807, 2.05) is 17.5 Å². The Hall–Kier alpha value is -1.97. The van der Waals surface area contributed by atoms with Crippen molar-refractivity contribution in [3.8, 4) is 5.69 Å². The topological polar surface area (TPSA) is 72.3 Å². The summed E-state index contributed by atoms with van der Waals surface area (Å²) in [4.78, 5) is 13.2. The first-order valence-corrected chi connectivity index (χ1v) is 11.1. The van der Waals surface area contributed by atoms with Crippen molar-refractivity contribution in [1.29, 1.82) is 0 Å². The van der Waals surface area contributed by atoms with Gasteiger partial charge in [-0.25, -0.2) is 8.42 Å². The van der Waals surface area contributed by atoms with E-state index in [0.717, 1.165) is 9.56 Å². The van der Waals surface area contributed by atoms with Crippen LogP contribution in [0.5, 0.6) is 0 Å².